The van der Waals surface area contributed by atoms with Gasteiger partial charge in [-0.2, -0.15) is 0 Å². The van der Waals surface area contributed by atoms with E-state index >= 15 is 0 Å². The third kappa shape index (κ3) is 5.72. The van der Waals surface area contributed by atoms with Crippen molar-refractivity contribution in [2.45, 2.75) is 0 Å². The number of hydrogen-bond acceptors (Lipinski definition) is 0. The molecule has 0 aliphatic rings. The lowest BCUT2D eigenvalue weighted by Gasteiger charge is -2.11. The van der Waals surface area contributed by atoms with Crippen LogP contribution in [0.1, 0.15) is 0 Å². The minimum atomic E-state index is 0.744. The Kier molecular flexibility index (Phi) is 8.29. The summed E-state index contributed by atoms with van der Waals surface area (Å²) in [6, 6.07) is 73.2. The van der Waals surface area contributed by atoms with Crippen molar-refractivity contribution in [1.29, 1.82) is 0 Å². The van der Waals surface area contributed by atoms with Crippen LogP contribution in [0.15, 0.2) is 206 Å². The average Bonchev–Trinajstić information content (AvgIpc) is 3.81. The normalized spacial score (nSPS) is 11.6. The van der Waals surface area contributed by atoms with Crippen LogP contribution in [0.4, 0.5) is 0 Å². The molecule has 2 aromatic heterocycles. The summed E-state index contributed by atoms with van der Waals surface area (Å²) >= 11 is 14.0. The van der Waals surface area contributed by atoms with Crippen LogP contribution < -0.4 is 0 Å². The smallest absolute Gasteiger partial charge is 0.0556 e. The minimum Gasteiger partial charge on any atom is -0.309 e. The molecule has 0 amide bonds. The standard InChI is InChI=1S/C54H34Cl2N2/c55-47-19-9-21-51-53(47)45-33-41(27-29-49(45)57(51)43-17-7-15-39(31-43)35-11-3-1-4-12-35)37-23-25-38(26-24-37)42-28-30-50-46(34-42)54-48(56)20-10-22-52(54)58(50)44-18-8-16-40(32-44)36-13-5-2-6-14-36/h1-34H. The molecule has 4 heteroatoms. The fraction of sp³-hybridized carbons (Fsp3) is 0. The second kappa shape index (κ2) is 14.0. The Bertz CT molecular complexity index is 3120. The monoisotopic (exact) mass is 780 g/mol. The van der Waals surface area contributed by atoms with E-state index in [0.29, 0.717) is 0 Å². The van der Waals surface area contributed by atoms with Gasteiger partial charge in [0.05, 0.1) is 32.1 Å². The maximum atomic E-state index is 6.98. The number of rotatable bonds is 6. The zero-order valence-corrected chi connectivity index (χ0v) is 32.8. The van der Waals surface area contributed by atoms with Gasteiger partial charge in [0.25, 0.3) is 0 Å². The highest BCUT2D eigenvalue weighted by molar-refractivity contribution is 6.39. The van der Waals surface area contributed by atoms with Crippen LogP contribution >= 0.6 is 23.2 Å². The molecule has 2 heterocycles. The summed E-state index contributed by atoms with van der Waals surface area (Å²) in [5.41, 5.74) is 15.9. The third-order valence-electron chi connectivity index (χ3n) is 11.5. The number of fused-ring (bicyclic) bond motifs is 6. The Morgan fingerprint density at radius 1 is 0.259 bits per heavy atom. The van der Waals surface area contributed by atoms with E-state index in [1.54, 1.807) is 0 Å². The molecule has 11 aromatic rings. The van der Waals surface area contributed by atoms with Gasteiger partial charge in [0.2, 0.25) is 0 Å². The van der Waals surface area contributed by atoms with Crippen molar-refractivity contribution < 1.29 is 0 Å². The Hall–Kier alpha value is -6.84. The first-order valence-corrected chi connectivity index (χ1v) is 20.2. The number of nitrogens with zero attached hydrogens (tertiary/aromatic N) is 2. The molecule has 0 radical (unpaired) electrons. The number of halogens is 2. The zero-order valence-electron chi connectivity index (χ0n) is 31.3. The molecule has 0 spiro atoms. The van der Waals surface area contributed by atoms with Gasteiger partial charge in [-0.15, -0.1) is 0 Å². The predicted octanol–water partition coefficient (Wildman–Crippen LogP) is 15.9. The van der Waals surface area contributed by atoms with E-state index in [-0.39, 0.29) is 0 Å². The predicted molar refractivity (Wildman–Crippen MR) is 247 cm³/mol. The SMILES string of the molecule is Clc1cccc2c1c1cc(-c3ccc(-c4ccc5c(c4)c4c(Cl)cccc4n5-c4cccc(-c5ccccc5)c4)cc3)ccc1n2-c1cccc(-c2ccccc2)c1. The highest BCUT2D eigenvalue weighted by Gasteiger charge is 2.18. The van der Waals surface area contributed by atoms with Crippen molar-refractivity contribution in [2.24, 2.45) is 0 Å². The highest BCUT2D eigenvalue weighted by Crippen LogP contribution is 2.41. The summed E-state index contributed by atoms with van der Waals surface area (Å²) in [7, 11) is 0. The number of hydrogen-bond donors (Lipinski definition) is 0. The van der Waals surface area contributed by atoms with Gasteiger partial charge in [0.1, 0.15) is 0 Å². The summed E-state index contributed by atoms with van der Waals surface area (Å²) in [6.45, 7) is 0. The molecule has 0 saturated heterocycles. The lowest BCUT2D eigenvalue weighted by atomic mass is 9.98. The summed E-state index contributed by atoms with van der Waals surface area (Å²) in [5, 5.41) is 5.85. The maximum absolute atomic E-state index is 6.98. The van der Waals surface area contributed by atoms with E-state index in [4.69, 9.17) is 23.2 Å². The van der Waals surface area contributed by atoms with Crippen molar-refractivity contribution >= 4 is 66.8 Å². The number of aromatic nitrogens is 2. The lowest BCUT2D eigenvalue weighted by molar-refractivity contribution is 1.18. The molecular formula is C54H34Cl2N2. The molecule has 0 aliphatic heterocycles. The maximum Gasteiger partial charge on any atom is 0.0556 e. The largest absolute Gasteiger partial charge is 0.309 e. The van der Waals surface area contributed by atoms with Gasteiger partial charge in [-0.05, 0) is 117 Å². The Balaban J connectivity index is 0.980. The van der Waals surface area contributed by atoms with Gasteiger partial charge in [0.15, 0.2) is 0 Å². The van der Waals surface area contributed by atoms with Crippen LogP contribution in [0, 0.1) is 0 Å². The van der Waals surface area contributed by atoms with Crippen LogP contribution in [0.5, 0.6) is 0 Å². The molecule has 0 saturated carbocycles. The van der Waals surface area contributed by atoms with Gasteiger partial charge in [-0.3, -0.25) is 0 Å². The molecule has 0 unspecified atom stereocenters. The van der Waals surface area contributed by atoms with E-state index in [9.17, 15) is 0 Å². The van der Waals surface area contributed by atoms with E-state index in [1.165, 1.54) is 22.3 Å². The molecule has 11 rings (SSSR count). The molecule has 0 atom stereocenters. The summed E-state index contributed by atoms with van der Waals surface area (Å²) in [5.74, 6) is 0. The Morgan fingerprint density at radius 2 is 0.603 bits per heavy atom. The molecule has 2 nitrogen and oxygen atoms in total. The van der Waals surface area contributed by atoms with Crippen molar-refractivity contribution in [3.05, 3.63) is 216 Å². The second-order valence-corrected chi connectivity index (χ2v) is 15.6. The lowest BCUT2D eigenvalue weighted by Crippen LogP contribution is -1.94. The van der Waals surface area contributed by atoms with Gasteiger partial charge < -0.3 is 9.13 Å². The van der Waals surface area contributed by atoms with Gasteiger partial charge in [0, 0.05) is 32.9 Å². The van der Waals surface area contributed by atoms with Crippen LogP contribution in [0.2, 0.25) is 10.0 Å². The molecule has 58 heavy (non-hydrogen) atoms. The van der Waals surface area contributed by atoms with Crippen LogP contribution in [0.3, 0.4) is 0 Å². The van der Waals surface area contributed by atoms with Crippen molar-refractivity contribution in [3.8, 4) is 55.9 Å². The van der Waals surface area contributed by atoms with Gasteiger partial charge >= 0.3 is 0 Å². The zero-order chi connectivity index (χ0) is 38.7. The number of benzene rings is 9. The molecule has 9 aromatic carbocycles. The first-order valence-electron chi connectivity index (χ1n) is 19.5. The minimum absolute atomic E-state index is 0.744. The van der Waals surface area contributed by atoms with Crippen molar-refractivity contribution in [2.75, 3.05) is 0 Å². The first kappa shape index (κ1) is 34.4. The summed E-state index contributed by atoms with van der Waals surface area (Å²) in [4.78, 5) is 0. The van der Waals surface area contributed by atoms with Gasteiger partial charge in [-0.25, -0.2) is 0 Å². The fourth-order valence-electron chi connectivity index (χ4n) is 8.73. The summed E-state index contributed by atoms with van der Waals surface area (Å²) < 4.78 is 4.66. The van der Waals surface area contributed by atoms with Crippen LogP contribution in [0.25, 0.3) is 99.5 Å². The van der Waals surface area contributed by atoms with Gasteiger partial charge in [-0.1, -0.05) is 157 Å². The van der Waals surface area contributed by atoms with E-state index in [1.807, 2.05) is 24.3 Å². The van der Waals surface area contributed by atoms with Crippen LogP contribution in [-0.2, 0) is 0 Å². The Morgan fingerprint density at radius 3 is 1.03 bits per heavy atom. The Labute approximate surface area is 346 Å². The molecule has 0 fully saturated rings. The quantitative estimate of drug-likeness (QED) is 0.159. The van der Waals surface area contributed by atoms with Crippen LogP contribution in [-0.4, -0.2) is 9.13 Å². The first-order chi connectivity index (χ1) is 28.6. The topological polar surface area (TPSA) is 9.86 Å². The van der Waals surface area contributed by atoms with E-state index in [2.05, 4.69) is 191 Å². The average molecular weight is 782 g/mol. The van der Waals surface area contributed by atoms with E-state index < -0.39 is 0 Å². The highest BCUT2D eigenvalue weighted by atomic mass is 35.5. The molecule has 274 valence electrons. The van der Waals surface area contributed by atoms with E-state index in [0.717, 1.165) is 87.3 Å². The van der Waals surface area contributed by atoms with Crippen molar-refractivity contribution in [3.63, 3.8) is 0 Å². The van der Waals surface area contributed by atoms with Crippen molar-refractivity contribution in [1.82, 2.24) is 9.13 Å². The molecule has 0 aliphatic carbocycles. The molecular weight excluding hydrogens is 748 g/mol. The molecule has 0 bridgehead atoms. The molecule has 0 N–H and O–H groups in total. The summed E-state index contributed by atoms with van der Waals surface area (Å²) in [6.07, 6.45) is 0. The third-order valence-corrected chi connectivity index (χ3v) is 12.1. The second-order valence-electron chi connectivity index (χ2n) is 14.8. The fourth-order valence-corrected chi connectivity index (χ4v) is 9.28.